The second kappa shape index (κ2) is 8.68. The number of halogens is 2. The van der Waals surface area contributed by atoms with Crippen molar-refractivity contribution in [3.8, 4) is 5.75 Å². The molecule has 0 spiro atoms. The molecule has 2 aromatic carbocycles. The monoisotopic (exact) mass is 398 g/mol. The Balaban J connectivity index is 1.86. The van der Waals surface area contributed by atoms with Gasteiger partial charge in [-0.15, -0.1) is 0 Å². The van der Waals surface area contributed by atoms with Gasteiger partial charge in [0.05, 0.1) is 0 Å². The molecule has 1 heterocycles. The van der Waals surface area contributed by atoms with Crippen LogP contribution >= 0.6 is 0 Å². The third-order valence-corrected chi connectivity index (χ3v) is 4.42. The largest absolute Gasteiger partial charge is 0.435 e. The number of alkyl halides is 2. The van der Waals surface area contributed by atoms with Crippen LogP contribution < -0.4 is 10.1 Å². The fourth-order valence-corrected chi connectivity index (χ4v) is 3.00. The van der Waals surface area contributed by atoms with Gasteiger partial charge in [0, 0.05) is 36.5 Å². The quantitative estimate of drug-likeness (QED) is 0.588. The van der Waals surface area contributed by atoms with Gasteiger partial charge in [-0.25, -0.2) is 0 Å². The van der Waals surface area contributed by atoms with Crippen molar-refractivity contribution >= 4 is 17.4 Å². The number of amides is 1. The van der Waals surface area contributed by atoms with E-state index in [1.165, 1.54) is 25.1 Å². The van der Waals surface area contributed by atoms with Crippen LogP contribution in [0.25, 0.3) is 0 Å². The zero-order valence-electron chi connectivity index (χ0n) is 16.0. The highest BCUT2D eigenvalue weighted by atomic mass is 19.3. The van der Waals surface area contributed by atoms with Crippen molar-refractivity contribution in [3.63, 3.8) is 0 Å². The van der Waals surface area contributed by atoms with Gasteiger partial charge in [-0.05, 0) is 36.8 Å². The number of benzene rings is 2. The van der Waals surface area contributed by atoms with E-state index < -0.39 is 12.5 Å². The molecule has 0 atom stereocenters. The molecule has 0 fully saturated rings. The molecule has 1 N–H and O–H groups in total. The number of aryl methyl sites for hydroxylation is 1. The smallest absolute Gasteiger partial charge is 0.387 e. The molecule has 3 rings (SSSR count). The summed E-state index contributed by atoms with van der Waals surface area (Å²) in [6, 6.07) is 15.4. The van der Waals surface area contributed by atoms with Crippen LogP contribution in [0.4, 0.5) is 14.5 Å². The summed E-state index contributed by atoms with van der Waals surface area (Å²) in [6.45, 7) is -1.52. The summed E-state index contributed by atoms with van der Waals surface area (Å²) >= 11 is 0. The number of ketones is 1. The highest BCUT2D eigenvalue weighted by molar-refractivity contribution is 6.05. The molecule has 0 saturated heterocycles. The van der Waals surface area contributed by atoms with Gasteiger partial charge in [0.1, 0.15) is 11.4 Å². The van der Waals surface area contributed by atoms with Crippen LogP contribution in [0.15, 0.2) is 60.8 Å². The van der Waals surface area contributed by atoms with Gasteiger partial charge in [-0.3, -0.25) is 9.59 Å². The van der Waals surface area contributed by atoms with Crippen molar-refractivity contribution < 1.29 is 23.1 Å². The lowest BCUT2D eigenvalue weighted by atomic mass is 10.0. The molecule has 0 aliphatic rings. The zero-order chi connectivity index (χ0) is 21.0. The summed E-state index contributed by atoms with van der Waals surface area (Å²) in [5.41, 5.74) is 2.62. The number of ether oxygens (including phenoxy) is 1. The average Bonchev–Trinajstić information content (AvgIpc) is 3.06. The van der Waals surface area contributed by atoms with E-state index in [1.54, 1.807) is 23.9 Å². The van der Waals surface area contributed by atoms with E-state index in [4.69, 9.17) is 0 Å². The highest BCUT2D eigenvalue weighted by Gasteiger charge is 2.16. The Morgan fingerprint density at radius 3 is 2.45 bits per heavy atom. The summed E-state index contributed by atoms with van der Waals surface area (Å²) in [7, 11) is 1.67. The molecular formula is C22H20F2N2O3. The van der Waals surface area contributed by atoms with Gasteiger partial charge >= 0.3 is 6.61 Å². The van der Waals surface area contributed by atoms with Crippen LogP contribution in [0.3, 0.4) is 0 Å². The van der Waals surface area contributed by atoms with E-state index in [0.29, 0.717) is 28.9 Å². The fourth-order valence-electron chi connectivity index (χ4n) is 3.00. The lowest BCUT2D eigenvalue weighted by molar-refractivity contribution is -0.0503. The van der Waals surface area contributed by atoms with Crippen molar-refractivity contribution in [3.05, 3.63) is 83.2 Å². The maximum atomic E-state index is 12.8. The minimum atomic E-state index is -2.95. The Hall–Kier alpha value is -3.48. The molecule has 0 unspecified atom stereocenters. The second-order valence-electron chi connectivity index (χ2n) is 6.60. The Bertz CT molecular complexity index is 1030. The van der Waals surface area contributed by atoms with E-state index in [1.807, 2.05) is 30.3 Å². The van der Waals surface area contributed by atoms with Crippen LogP contribution in [0.2, 0.25) is 0 Å². The first-order valence-corrected chi connectivity index (χ1v) is 8.94. The van der Waals surface area contributed by atoms with Crippen LogP contribution in [0.5, 0.6) is 5.75 Å². The van der Waals surface area contributed by atoms with Gasteiger partial charge in [0.2, 0.25) is 0 Å². The third-order valence-electron chi connectivity index (χ3n) is 4.42. The first-order chi connectivity index (χ1) is 13.8. The lowest BCUT2D eigenvalue weighted by Gasteiger charge is -2.14. The fraction of sp³-hybridized carbons (Fsp3) is 0.182. The lowest BCUT2D eigenvalue weighted by Crippen LogP contribution is -2.15. The van der Waals surface area contributed by atoms with E-state index in [-0.39, 0.29) is 11.5 Å². The number of anilines is 1. The molecule has 1 aromatic heterocycles. The first kappa shape index (κ1) is 20.3. The van der Waals surface area contributed by atoms with Gasteiger partial charge in [0.25, 0.3) is 5.91 Å². The van der Waals surface area contributed by atoms with Gasteiger partial charge in [-0.1, -0.05) is 30.3 Å². The predicted molar refractivity (Wildman–Crippen MR) is 106 cm³/mol. The number of aromatic nitrogens is 1. The van der Waals surface area contributed by atoms with E-state index in [0.717, 1.165) is 5.56 Å². The number of carbonyl (C=O) groups excluding carboxylic acids is 2. The minimum Gasteiger partial charge on any atom is -0.435 e. The van der Waals surface area contributed by atoms with Crippen molar-refractivity contribution in [2.45, 2.75) is 20.0 Å². The second-order valence-corrected chi connectivity index (χ2v) is 6.60. The van der Waals surface area contributed by atoms with Crippen molar-refractivity contribution in [1.29, 1.82) is 0 Å². The van der Waals surface area contributed by atoms with Gasteiger partial charge < -0.3 is 14.6 Å². The maximum absolute atomic E-state index is 12.8. The normalized spacial score (nSPS) is 10.8. The predicted octanol–water partition coefficient (Wildman–Crippen LogP) is 4.67. The molecule has 0 radical (unpaired) electrons. The summed E-state index contributed by atoms with van der Waals surface area (Å²) in [5, 5.41) is 2.74. The number of rotatable bonds is 7. The van der Waals surface area contributed by atoms with Gasteiger partial charge in [-0.2, -0.15) is 8.78 Å². The summed E-state index contributed by atoms with van der Waals surface area (Å²) in [6.07, 6.45) is 1.95. The minimum absolute atomic E-state index is 0.0552. The molecule has 5 nitrogen and oxygen atoms in total. The zero-order valence-corrected chi connectivity index (χ0v) is 16.0. The molecule has 0 bridgehead atoms. The maximum Gasteiger partial charge on any atom is 0.387 e. The van der Waals surface area contributed by atoms with Crippen molar-refractivity contribution in [1.82, 2.24) is 4.57 Å². The number of hydrogen-bond donors (Lipinski definition) is 1. The number of nitrogens with one attached hydrogen (secondary N) is 1. The molecule has 150 valence electrons. The van der Waals surface area contributed by atoms with Crippen LogP contribution in [-0.2, 0) is 13.5 Å². The molecular weight excluding hydrogens is 378 g/mol. The topological polar surface area (TPSA) is 60.3 Å². The molecule has 0 aliphatic carbocycles. The van der Waals surface area contributed by atoms with Crippen molar-refractivity contribution in [2.75, 3.05) is 5.32 Å². The molecule has 0 saturated carbocycles. The Labute approximate surface area is 166 Å². The summed E-state index contributed by atoms with van der Waals surface area (Å²) < 4.78 is 31.7. The van der Waals surface area contributed by atoms with Crippen LogP contribution in [-0.4, -0.2) is 22.9 Å². The van der Waals surface area contributed by atoms with E-state index in [2.05, 4.69) is 10.1 Å². The highest BCUT2D eigenvalue weighted by Crippen LogP contribution is 2.27. The number of hydrogen-bond acceptors (Lipinski definition) is 3. The number of Topliss-reactive ketones (excluding diaryl/α,β-unsaturated/α-hetero) is 1. The Morgan fingerprint density at radius 1 is 1.10 bits per heavy atom. The molecule has 1 amide bonds. The van der Waals surface area contributed by atoms with Crippen molar-refractivity contribution in [2.24, 2.45) is 7.05 Å². The Kier molecular flexibility index (Phi) is 6.07. The average molecular weight is 398 g/mol. The summed E-state index contributed by atoms with van der Waals surface area (Å²) in [5.74, 6) is -0.494. The van der Waals surface area contributed by atoms with E-state index in [9.17, 15) is 18.4 Å². The molecule has 7 heteroatoms. The Morgan fingerprint density at radius 2 is 1.83 bits per heavy atom. The SMILES string of the molecule is CC(=O)c1cc(C(=O)Nc2ccc(OC(F)F)c(Cc3ccccc3)c2)n(C)c1. The first-order valence-electron chi connectivity index (χ1n) is 8.94. The summed E-state index contributed by atoms with van der Waals surface area (Å²) in [4.78, 5) is 24.1. The molecule has 0 aliphatic heterocycles. The number of nitrogens with zero attached hydrogens (tertiary/aromatic N) is 1. The standard InChI is InChI=1S/C22H20F2N2O3/c1-14(27)17-12-19(26(2)13-17)21(28)25-18-8-9-20(29-22(23)24)16(11-18)10-15-6-4-3-5-7-15/h3-9,11-13,22H,10H2,1-2H3,(H,25,28). The third kappa shape index (κ3) is 5.07. The van der Waals surface area contributed by atoms with Gasteiger partial charge in [0.15, 0.2) is 5.78 Å². The molecule has 3 aromatic rings. The number of carbonyl (C=O) groups is 2. The molecule has 29 heavy (non-hydrogen) atoms. The van der Waals surface area contributed by atoms with Crippen LogP contribution in [0.1, 0.15) is 38.9 Å². The van der Waals surface area contributed by atoms with E-state index >= 15 is 0 Å². The van der Waals surface area contributed by atoms with Crippen LogP contribution in [0, 0.1) is 0 Å².